The first-order chi connectivity index (χ1) is 9.15. The van der Waals surface area contributed by atoms with E-state index in [9.17, 15) is 0 Å². The van der Waals surface area contributed by atoms with Crippen LogP contribution in [0.5, 0.6) is 0 Å². The van der Waals surface area contributed by atoms with Crippen molar-refractivity contribution >= 4 is 16.7 Å². The van der Waals surface area contributed by atoms with Gasteiger partial charge in [-0.25, -0.2) is 4.98 Å². The second-order valence-electron chi connectivity index (χ2n) is 4.95. The van der Waals surface area contributed by atoms with Gasteiger partial charge in [0.2, 0.25) is 0 Å². The van der Waals surface area contributed by atoms with Crippen molar-refractivity contribution in [3.63, 3.8) is 0 Å². The number of fused-ring (bicyclic) bond motifs is 1. The molecule has 2 N–H and O–H groups in total. The van der Waals surface area contributed by atoms with Gasteiger partial charge in [-0.1, -0.05) is 24.3 Å². The van der Waals surface area contributed by atoms with Gasteiger partial charge in [0, 0.05) is 19.2 Å². The van der Waals surface area contributed by atoms with E-state index in [1.807, 2.05) is 24.3 Å². The summed E-state index contributed by atoms with van der Waals surface area (Å²) < 4.78 is 2.13. The smallest absolute Gasteiger partial charge is 0.114 e. The number of rotatable bonds is 2. The fourth-order valence-electron chi connectivity index (χ4n) is 2.40. The number of aromatic nitrogens is 2. The van der Waals surface area contributed by atoms with Crippen molar-refractivity contribution in [2.45, 2.75) is 13.3 Å². The number of imidazole rings is 1. The van der Waals surface area contributed by atoms with Crippen LogP contribution in [-0.2, 0) is 13.5 Å². The molecule has 0 unspecified atom stereocenters. The Hall–Kier alpha value is -2.29. The fourth-order valence-corrected chi connectivity index (χ4v) is 2.40. The van der Waals surface area contributed by atoms with Crippen LogP contribution in [0.3, 0.4) is 0 Å². The molecule has 0 saturated heterocycles. The molecule has 1 heterocycles. The quantitative estimate of drug-likeness (QED) is 0.711. The molecule has 0 amide bonds. The highest BCUT2D eigenvalue weighted by molar-refractivity contribution is 5.75. The third-order valence-electron chi connectivity index (χ3n) is 3.53. The lowest BCUT2D eigenvalue weighted by atomic mass is 10.1. The second-order valence-corrected chi connectivity index (χ2v) is 4.95. The Bertz CT molecular complexity index is 741. The lowest BCUT2D eigenvalue weighted by Gasteiger charge is -2.07. The van der Waals surface area contributed by atoms with Gasteiger partial charge in [-0.2, -0.15) is 0 Å². The summed E-state index contributed by atoms with van der Waals surface area (Å²) in [6.45, 7) is 2.05. The molecular weight excluding hydrogens is 234 g/mol. The van der Waals surface area contributed by atoms with Gasteiger partial charge >= 0.3 is 0 Å². The average molecular weight is 251 g/mol. The summed E-state index contributed by atoms with van der Waals surface area (Å²) in [5.41, 5.74) is 11.4. The summed E-state index contributed by atoms with van der Waals surface area (Å²) in [4.78, 5) is 4.68. The summed E-state index contributed by atoms with van der Waals surface area (Å²) in [6.07, 6.45) is 0.761. The number of aryl methyl sites for hydroxylation is 2. The molecule has 1 aromatic heterocycles. The summed E-state index contributed by atoms with van der Waals surface area (Å²) in [7, 11) is 2.05. The zero-order valence-electron chi connectivity index (χ0n) is 11.2. The van der Waals surface area contributed by atoms with Gasteiger partial charge in [0.05, 0.1) is 11.0 Å². The standard InChI is InChI=1S/C16H17N3/c1-11-7-8-12(13(17)9-11)10-16-18-14-5-3-4-6-15(14)19(16)2/h3-9H,10,17H2,1-2H3. The highest BCUT2D eigenvalue weighted by Gasteiger charge is 2.09. The molecule has 0 fully saturated rings. The summed E-state index contributed by atoms with van der Waals surface area (Å²) in [5, 5.41) is 0. The Morgan fingerprint density at radius 2 is 1.95 bits per heavy atom. The van der Waals surface area contributed by atoms with Crippen molar-refractivity contribution in [2.24, 2.45) is 7.05 Å². The minimum Gasteiger partial charge on any atom is -0.398 e. The van der Waals surface area contributed by atoms with Gasteiger partial charge in [-0.15, -0.1) is 0 Å². The van der Waals surface area contributed by atoms with E-state index in [0.717, 1.165) is 34.5 Å². The van der Waals surface area contributed by atoms with Crippen molar-refractivity contribution in [3.8, 4) is 0 Å². The Labute approximate surface area is 112 Å². The van der Waals surface area contributed by atoms with E-state index in [1.54, 1.807) is 0 Å². The van der Waals surface area contributed by atoms with Crippen LogP contribution >= 0.6 is 0 Å². The summed E-state index contributed by atoms with van der Waals surface area (Å²) in [5.74, 6) is 1.04. The molecule has 3 nitrogen and oxygen atoms in total. The van der Waals surface area contributed by atoms with E-state index in [2.05, 4.69) is 41.7 Å². The maximum Gasteiger partial charge on any atom is 0.114 e. The van der Waals surface area contributed by atoms with Crippen LogP contribution in [0.1, 0.15) is 17.0 Å². The van der Waals surface area contributed by atoms with E-state index in [1.165, 1.54) is 5.56 Å². The van der Waals surface area contributed by atoms with Crippen LogP contribution in [-0.4, -0.2) is 9.55 Å². The summed E-state index contributed by atoms with van der Waals surface area (Å²) >= 11 is 0. The third-order valence-corrected chi connectivity index (χ3v) is 3.53. The predicted molar refractivity (Wildman–Crippen MR) is 79.1 cm³/mol. The second kappa shape index (κ2) is 4.43. The molecule has 3 heteroatoms. The van der Waals surface area contributed by atoms with Crippen molar-refractivity contribution in [1.29, 1.82) is 0 Å². The van der Waals surface area contributed by atoms with Crippen LogP contribution in [0.4, 0.5) is 5.69 Å². The fraction of sp³-hybridized carbons (Fsp3) is 0.188. The largest absolute Gasteiger partial charge is 0.398 e. The van der Waals surface area contributed by atoms with Crippen molar-refractivity contribution in [1.82, 2.24) is 9.55 Å². The molecule has 2 aromatic carbocycles. The van der Waals surface area contributed by atoms with Crippen LogP contribution in [0.2, 0.25) is 0 Å². The predicted octanol–water partition coefficient (Wildman–Crippen LogP) is 3.05. The van der Waals surface area contributed by atoms with Crippen LogP contribution in [0.25, 0.3) is 11.0 Å². The van der Waals surface area contributed by atoms with Crippen LogP contribution in [0, 0.1) is 6.92 Å². The lowest BCUT2D eigenvalue weighted by Crippen LogP contribution is -2.02. The Balaban J connectivity index is 2.03. The molecule has 0 atom stereocenters. The Morgan fingerprint density at radius 3 is 2.68 bits per heavy atom. The van der Waals surface area contributed by atoms with Crippen LogP contribution < -0.4 is 5.73 Å². The maximum absolute atomic E-state index is 6.08. The van der Waals surface area contributed by atoms with Gasteiger partial charge in [0.25, 0.3) is 0 Å². The SMILES string of the molecule is Cc1ccc(Cc2nc3ccccc3n2C)c(N)c1. The van der Waals surface area contributed by atoms with Crippen LogP contribution in [0.15, 0.2) is 42.5 Å². The number of anilines is 1. The molecule has 3 rings (SSSR count). The van der Waals surface area contributed by atoms with E-state index < -0.39 is 0 Å². The molecule has 0 saturated carbocycles. The molecule has 0 aliphatic heterocycles. The average Bonchev–Trinajstić information content (AvgIpc) is 2.70. The molecule has 0 aliphatic carbocycles. The first kappa shape index (κ1) is 11.8. The maximum atomic E-state index is 6.08. The third kappa shape index (κ3) is 2.08. The van der Waals surface area contributed by atoms with Gasteiger partial charge in [0.1, 0.15) is 5.82 Å². The molecule has 96 valence electrons. The number of hydrogen-bond acceptors (Lipinski definition) is 2. The van der Waals surface area contributed by atoms with Gasteiger partial charge in [-0.05, 0) is 36.2 Å². The first-order valence-corrected chi connectivity index (χ1v) is 6.40. The molecule has 0 spiro atoms. The zero-order valence-corrected chi connectivity index (χ0v) is 11.2. The number of nitrogen functional groups attached to an aromatic ring is 1. The van der Waals surface area contributed by atoms with Crippen molar-refractivity contribution < 1.29 is 0 Å². The van der Waals surface area contributed by atoms with Crippen molar-refractivity contribution in [3.05, 3.63) is 59.4 Å². The molecule has 3 aromatic rings. The lowest BCUT2D eigenvalue weighted by molar-refractivity contribution is 0.845. The van der Waals surface area contributed by atoms with Crippen molar-refractivity contribution in [2.75, 3.05) is 5.73 Å². The first-order valence-electron chi connectivity index (χ1n) is 6.40. The highest BCUT2D eigenvalue weighted by Crippen LogP contribution is 2.20. The number of para-hydroxylation sites is 2. The zero-order chi connectivity index (χ0) is 13.4. The minimum absolute atomic E-state index is 0.761. The molecule has 0 bridgehead atoms. The van der Waals surface area contributed by atoms with E-state index in [-0.39, 0.29) is 0 Å². The highest BCUT2D eigenvalue weighted by atomic mass is 15.1. The monoisotopic (exact) mass is 251 g/mol. The minimum atomic E-state index is 0.761. The number of nitrogens with zero attached hydrogens (tertiary/aromatic N) is 2. The molecular formula is C16H17N3. The van der Waals surface area contributed by atoms with Gasteiger partial charge in [-0.3, -0.25) is 0 Å². The Kier molecular flexibility index (Phi) is 2.75. The molecule has 19 heavy (non-hydrogen) atoms. The molecule has 0 radical (unpaired) electrons. The number of hydrogen-bond donors (Lipinski definition) is 1. The van der Waals surface area contributed by atoms with E-state index in [4.69, 9.17) is 5.73 Å². The van der Waals surface area contributed by atoms with Gasteiger partial charge < -0.3 is 10.3 Å². The number of benzene rings is 2. The summed E-state index contributed by atoms with van der Waals surface area (Å²) in [6, 6.07) is 14.4. The van der Waals surface area contributed by atoms with E-state index >= 15 is 0 Å². The van der Waals surface area contributed by atoms with Gasteiger partial charge in [0.15, 0.2) is 0 Å². The Morgan fingerprint density at radius 1 is 1.16 bits per heavy atom. The normalized spacial score (nSPS) is 11.1. The number of nitrogens with two attached hydrogens (primary N) is 1. The van der Waals surface area contributed by atoms with E-state index in [0.29, 0.717) is 0 Å². The molecule has 0 aliphatic rings. The topological polar surface area (TPSA) is 43.8 Å².